The summed E-state index contributed by atoms with van der Waals surface area (Å²) in [5.41, 5.74) is 3.89. The van der Waals surface area contributed by atoms with Crippen LogP contribution in [0.3, 0.4) is 0 Å². The van der Waals surface area contributed by atoms with Crippen molar-refractivity contribution in [1.29, 1.82) is 0 Å². The molecule has 0 bridgehead atoms. The molecule has 39 heavy (non-hydrogen) atoms. The van der Waals surface area contributed by atoms with E-state index >= 15 is 0 Å². The average Bonchev–Trinajstić information content (AvgIpc) is 3.48. The van der Waals surface area contributed by atoms with Gasteiger partial charge in [-0.05, 0) is 60.5 Å². The van der Waals surface area contributed by atoms with Crippen LogP contribution in [0.2, 0.25) is 0 Å². The molecule has 0 atom stereocenters. The van der Waals surface area contributed by atoms with Gasteiger partial charge in [0.05, 0.1) is 19.6 Å². The fourth-order valence-corrected chi connectivity index (χ4v) is 4.88. The van der Waals surface area contributed by atoms with Crippen molar-refractivity contribution in [3.63, 3.8) is 0 Å². The number of benzene rings is 2. The number of nitrogens with zero attached hydrogens (tertiary/aromatic N) is 4. The van der Waals surface area contributed by atoms with Gasteiger partial charge in [0.1, 0.15) is 5.82 Å². The smallest absolute Gasteiger partial charge is 0.256 e. The van der Waals surface area contributed by atoms with Gasteiger partial charge in [0.15, 0.2) is 0 Å². The molecule has 0 radical (unpaired) electrons. The minimum atomic E-state index is -2.48. The number of hydrogen-bond acceptors (Lipinski definition) is 5. The van der Waals surface area contributed by atoms with E-state index in [2.05, 4.69) is 10.6 Å². The number of fused-ring (bicyclic) bond motifs is 2. The summed E-state index contributed by atoms with van der Waals surface area (Å²) in [6, 6.07) is 10.0. The van der Waals surface area contributed by atoms with E-state index in [0.717, 1.165) is 28.6 Å². The van der Waals surface area contributed by atoms with Crippen LogP contribution in [0.5, 0.6) is 0 Å². The van der Waals surface area contributed by atoms with Gasteiger partial charge < -0.3 is 20.1 Å². The molecule has 0 spiro atoms. The Hall–Kier alpha value is -3.57. The number of carbonyl (C=O) groups is 2. The molecule has 1 aliphatic rings. The van der Waals surface area contributed by atoms with E-state index in [-0.39, 0.29) is 30.7 Å². The molecule has 0 saturated carbocycles. The van der Waals surface area contributed by atoms with Crippen LogP contribution in [0.15, 0.2) is 42.6 Å². The third-order valence-corrected chi connectivity index (χ3v) is 6.96. The number of likely N-dealkylation sites (N-methyl/N-ethyl adjacent to an activating group) is 2. The number of alkyl halides is 2. The Balaban J connectivity index is 1.54. The summed E-state index contributed by atoms with van der Waals surface area (Å²) in [4.78, 5) is 28.0. The van der Waals surface area contributed by atoms with E-state index in [0.29, 0.717) is 37.4 Å². The highest BCUT2D eigenvalue weighted by atomic mass is 19.3. The van der Waals surface area contributed by atoms with Crippen molar-refractivity contribution in [3.05, 3.63) is 65.1 Å². The maximum atomic E-state index is 13.7. The molecule has 2 aromatic carbocycles. The first-order chi connectivity index (χ1) is 18.7. The lowest BCUT2D eigenvalue weighted by Gasteiger charge is -2.32. The molecule has 3 aromatic rings. The van der Waals surface area contributed by atoms with Crippen LogP contribution < -0.4 is 15.5 Å². The lowest BCUT2D eigenvalue weighted by Crippen LogP contribution is -2.48. The first-order valence-corrected chi connectivity index (χ1v) is 13.0. The van der Waals surface area contributed by atoms with Crippen LogP contribution >= 0.6 is 0 Å². The predicted molar refractivity (Wildman–Crippen MR) is 145 cm³/mol. The second-order valence-electron chi connectivity index (χ2n) is 9.77. The minimum absolute atomic E-state index is 0.0543. The molecule has 210 valence electrons. The third kappa shape index (κ3) is 6.90. The normalized spacial score (nSPS) is 13.2. The fourth-order valence-electron chi connectivity index (χ4n) is 4.88. The zero-order valence-corrected chi connectivity index (χ0v) is 22.5. The molecule has 0 unspecified atom stereocenters. The number of amides is 2. The maximum absolute atomic E-state index is 13.7. The lowest BCUT2D eigenvalue weighted by atomic mass is 10.1. The topological polar surface area (TPSA) is 72.8 Å². The largest absolute Gasteiger partial charge is 0.353 e. The first kappa shape index (κ1) is 28.4. The molecule has 2 N–H and O–H groups in total. The SMILES string of the molecule is CCNCCNC(=O)CN(CC(=O)N(C)N1Cc2ccc(F)cc2C1)c1cc2ccn(CC(F)F)c2cc1C. The van der Waals surface area contributed by atoms with Crippen LogP contribution in [0.25, 0.3) is 10.9 Å². The number of hydrogen-bond donors (Lipinski definition) is 2. The monoisotopic (exact) mass is 544 g/mol. The highest BCUT2D eigenvalue weighted by Crippen LogP contribution is 2.29. The Bertz CT molecular complexity index is 1330. The molecule has 1 aromatic heterocycles. The summed E-state index contributed by atoms with van der Waals surface area (Å²) in [5, 5.41) is 10.1. The quantitative estimate of drug-likeness (QED) is 0.343. The number of aromatic nitrogens is 1. The number of nitrogens with one attached hydrogen (secondary N) is 2. The van der Waals surface area contributed by atoms with E-state index in [4.69, 9.17) is 0 Å². The van der Waals surface area contributed by atoms with Crippen molar-refractivity contribution >= 4 is 28.4 Å². The van der Waals surface area contributed by atoms with Gasteiger partial charge >= 0.3 is 0 Å². The Labute approximate surface area is 226 Å². The van der Waals surface area contributed by atoms with Crippen molar-refractivity contribution in [3.8, 4) is 0 Å². The van der Waals surface area contributed by atoms with Crippen molar-refractivity contribution in [2.75, 3.05) is 44.7 Å². The van der Waals surface area contributed by atoms with E-state index < -0.39 is 13.0 Å². The highest BCUT2D eigenvalue weighted by molar-refractivity contribution is 5.90. The van der Waals surface area contributed by atoms with E-state index in [1.165, 1.54) is 21.7 Å². The van der Waals surface area contributed by atoms with Crippen LogP contribution in [0.1, 0.15) is 23.6 Å². The molecular formula is C28H35F3N6O2. The summed E-state index contributed by atoms with van der Waals surface area (Å²) in [7, 11) is 1.67. The van der Waals surface area contributed by atoms with Gasteiger partial charge in [-0.2, -0.15) is 0 Å². The van der Waals surface area contributed by atoms with E-state index in [1.807, 2.05) is 31.0 Å². The molecule has 0 aliphatic carbocycles. The second kappa shape index (κ2) is 12.5. The summed E-state index contributed by atoms with van der Waals surface area (Å²) < 4.78 is 41.3. The Morgan fingerprint density at radius 2 is 1.82 bits per heavy atom. The number of rotatable bonds is 12. The second-order valence-corrected chi connectivity index (χ2v) is 9.77. The van der Waals surface area contributed by atoms with Gasteiger partial charge in [-0.1, -0.05) is 13.0 Å². The van der Waals surface area contributed by atoms with Crippen molar-refractivity contribution in [1.82, 2.24) is 25.2 Å². The fraction of sp³-hybridized carbons (Fsp3) is 0.429. The van der Waals surface area contributed by atoms with Crippen LogP contribution in [0.4, 0.5) is 18.9 Å². The number of anilines is 1. The number of aryl methyl sites for hydroxylation is 1. The molecule has 0 saturated heterocycles. The molecule has 2 heterocycles. The van der Waals surface area contributed by atoms with Crippen molar-refractivity contribution in [2.24, 2.45) is 0 Å². The van der Waals surface area contributed by atoms with Gasteiger partial charge in [-0.3, -0.25) is 14.6 Å². The van der Waals surface area contributed by atoms with Gasteiger partial charge in [-0.15, -0.1) is 0 Å². The van der Waals surface area contributed by atoms with E-state index in [1.54, 1.807) is 30.3 Å². The van der Waals surface area contributed by atoms with Crippen LogP contribution in [-0.2, 0) is 29.2 Å². The van der Waals surface area contributed by atoms with Crippen molar-refractivity contribution in [2.45, 2.75) is 39.9 Å². The van der Waals surface area contributed by atoms with Gasteiger partial charge in [0.2, 0.25) is 5.91 Å². The van der Waals surface area contributed by atoms with Gasteiger partial charge in [0.25, 0.3) is 12.3 Å². The first-order valence-electron chi connectivity index (χ1n) is 13.0. The van der Waals surface area contributed by atoms with Crippen LogP contribution in [0, 0.1) is 12.7 Å². The molecule has 11 heteroatoms. The van der Waals surface area contributed by atoms with Crippen molar-refractivity contribution < 1.29 is 22.8 Å². The minimum Gasteiger partial charge on any atom is -0.353 e. The molecule has 8 nitrogen and oxygen atoms in total. The zero-order chi connectivity index (χ0) is 28.1. The number of halogens is 3. The summed E-state index contributed by atoms with van der Waals surface area (Å²) >= 11 is 0. The Kier molecular flexibility index (Phi) is 9.13. The van der Waals surface area contributed by atoms with Gasteiger partial charge in [0, 0.05) is 56.0 Å². The third-order valence-electron chi connectivity index (χ3n) is 6.96. The summed E-state index contributed by atoms with van der Waals surface area (Å²) in [6.07, 6.45) is -0.866. The Morgan fingerprint density at radius 3 is 2.56 bits per heavy atom. The van der Waals surface area contributed by atoms with Gasteiger partial charge in [-0.25, -0.2) is 18.2 Å². The zero-order valence-electron chi connectivity index (χ0n) is 22.5. The van der Waals surface area contributed by atoms with E-state index in [9.17, 15) is 22.8 Å². The standard InChI is InChI=1S/C28H35F3N6O2/c1-4-32-8-9-33-27(38)17-36(24-13-20-7-10-35(16-26(30)31)25(20)11-19(24)2)18-28(39)34(3)37-14-21-5-6-23(29)12-22(21)15-37/h5-7,10-13,26,32H,4,8-9,14-18H2,1-3H3,(H,33,38). The molecule has 2 amide bonds. The molecule has 0 fully saturated rings. The highest BCUT2D eigenvalue weighted by Gasteiger charge is 2.27. The molecular weight excluding hydrogens is 509 g/mol. The number of carbonyl (C=O) groups excluding carboxylic acids is 2. The Morgan fingerprint density at radius 1 is 1.05 bits per heavy atom. The summed E-state index contributed by atoms with van der Waals surface area (Å²) in [6.45, 7) is 6.02. The molecule has 4 rings (SSSR count). The lowest BCUT2D eigenvalue weighted by molar-refractivity contribution is -0.145. The maximum Gasteiger partial charge on any atom is 0.256 e. The predicted octanol–water partition coefficient (Wildman–Crippen LogP) is 3.28. The van der Waals surface area contributed by atoms with Crippen LogP contribution in [-0.4, -0.2) is 72.6 Å². The average molecular weight is 545 g/mol. The molecule has 1 aliphatic heterocycles. The number of hydrazine groups is 1. The summed E-state index contributed by atoms with van der Waals surface area (Å²) in [5.74, 6) is -0.787.